The highest BCUT2D eigenvalue weighted by molar-refractivity contribution is 5.55. The molecule has 2 N–H and O–H groups in total. The highest BCUT2D eigenvalue weighted by Crippen LogP contribution is 2.18. The number of ether oxygens (including phenoxy) is 1. The summed E-state index contributed by atoms with van der Waals surface area (Å²) in [5, 5.41) is 10.6. The van der Waals surface area contributed by atoms with Gasteiger partial charge in [0, 0.05) is 19.8 Å². The molecule has 0 aliphatic heterocycles. The molecule has 0 aliphatic carbocycles. The Hall–Kier alpha value is -2.38. The van der Waals surface area contributed by atoms with E-state index in [0.29, 0.717) is 24.5 Å². The molecule has 2 aromatic heterocycles. The summed E-state index contributed by atoms with van der Waals surface area (Å²) < 4.78 is 7.11. The third-order valence-corrected chi connectivity index (χ3v) is 2.68. The molecular weight excluding hydrogens is 270 g/mol. The predicted molar refractivity (Wildman–Crippen MR) is 81.0 cm³/mol. The van der Waals surface area contributed by atoms with Crippen LogP contribution in [0.4, 0.5) is 17.6 Å². The van der Waals surface area contributed by atoms with Gasteiger partial charge in [0.05, 0.1) is 18.0 Å². The molecule has 0 unspecified atom stereocenters. The summed E-state index contributed by atoms with van der Waals surface area (Å²) in [7, 11) is 1.87. The van der Waals surface area contributed by atoms with Gasteiger partial charge in [-0.2, -0.15) is 20.1 Å². The molecule has 8 heteroatoms. The fourth-order valence-electron chi connectivity index (χ4n) is 1.76. The van der Waals surface area contributed by atoms with Crippen molar-refractivity contribution < 1.29 is 4.74 Å². The SMILES string of the molecule is CCCNc1nc(Nc2cn(C)nc2C)nc(OCC)n1. The van der Waals surface area contributed by atoms with Crippen LogP contribution in [0.25, 0.3) is 0 Å². The molecule has 21 heavy (non-hydrogen) atoms. The van der Waals surface area contributed by atoms with E-state index >= 15 is 0 Å². The van der Waals surface area contributed by atoms with Crippen molar-refractivity contribution in [3.05, 3.63) is 11.9 Å². The van der Waals surface area contributed by atoms with Crippen LogP contribution in [0.5, 0.6) is 6.01 Å². The summed E-state index contributed by atoms with van der Waals surface area (Å²) in [6, 6.07) is 0.301. The van der Waals surface area contributed by atoms with Crippen molar-refractivity contribution in [2.75, 3.05) is 23.8 Å². The first-order chi connectivity index (χ1) is 10.1. The number of anilines is 3. The van der Waals surface area contributed by atoms with Gasteiger partial charge in [0.15, 0.2) is 0 Å². The summed E-state index contributed by atoms with van der Waals surface area (Å²) in [5.41, 5.74) is 1.73. The molecule has 0 aliphatic rings. The second-order valence-electron chi connectivity index (χ2n) is 4.55. The molecule has 2 aromatic rings. The Morgan fingerprint density at radius 1 is 1.19 bits per heavy atom. The highest BCUT2D eigenvalue weighted by Gasteiger charge is 2.10. The van der Waals surface area contributed by atoms with Gasteiger partial charge in [-0.15, -0.1) is 0 Å². The first kappa shape index (κ1) is 15.0. The molecular formula is C13H21N7O. The lowest BCUT2D eigenvalue weighted by molar-refractivity contribution is 0.312. The fraction of sp³-hybridized carbons (Fsp3) is 0.538. The number of nitrogens with one attached hydrogen (secondary N) is 2. The van der Waals surface area contributed by atoms with Crippen molar-refractivity contribution in [2.24, 2.45) is 7.05 Å². The topological polar surface area (TPSA) is 89.8 Å². The minimum absolute atomic E-state index is 0.301. The number of rotatable bonds is 7. The Morgan fingerprint density at radius 3 is 2.57 bits per heavy atom. The van der Waals surface area contributed by atoms with Gasteiger partial charge in [0.1, 0.15) is 0 Å². The molecule has 0 radical (unpaired) electrons. The first-order valence-electron chi connectivity index (χ1n) is 7.02. The van der Waals surface area contributed by atoms with Gasteiger partial charge in [-0.25, -0.2) is 0 Å². The first-order valence-corrected chi connectivity index (χ1v) is 7.02. The number of aryl methyl sites for hydroxylation is 2. The zero-order valence-corrected chi connectivity index (χ0v) is 12.8. The van der Waals surface area contributed by atoms with E-state index < -0.39 is 0 Å². The third kappa shape index (κ3) is 4.04. The lowest BCUT2D eigenvalue weighted by atomic mass is 10.4. The lowest BCUT2D eigenvalue weighted by Gasteiger charge is -2.09. The van der Waals surface area contributed by atoms with E-state index in [1.807, 2.05) is 27.1 Å². The molecule has 2 rings (SSSR count). The van der Waals surface area contributed by atoms with Crippen molar-refractivity contribution >= 4 is 17.6 Å². The van der Waals surface area contributed by atoms with E-state index in [4.69, 9.17) is 4.74 Å². The molecule has 0 spiro atoms. The summed E-state index contributed by atoms with van der Waals surface area (Å²) in [5.74, 6) is 0.933. The molecule has 114 valence electrons. The van der Waals surface area contributed by atoms with Crippen LogP contribution in [0, 0.1) is 6.92 Å². The quantitative estimate of drug-likeness (QED) is 0.805. The Balaban J connectivity index is 2.24. The number of aromatic nitrogens is 5. The maximum Gasteiger partial charge on any atom is 0.323 e. The zero-order valence-electron chi connectivity index (χ0n) is 12.8. The van der Waals surface area contributed by atoms with E-state index in [2.05, 4.69) is 37.6 Å². The van der Waals surface area contributed by atoms with E-state index in [1.54, 1.807) is 4.68 Å². The predicted octanol–water partition coefficient (Wildman–Crippen LogP) is 1.88. The van der Waals surface area contributed by atoms with E-state index in [1.165, 1.54) is 0 Å². The van der Waals surface area contributed by atoms with Crippen LogP contribution in [0.2, 0.25) is 0 Å². The minimum atomic E-state index is 0.301. The monoisotopic (exact) mass is 291 g/mol. The number of hydrogen-bond acceptors (Lipinski definition) is 7. The summed E-state index contributed by atoms with van der Waals surface area (Å²) in [4.78, 5) is 12.8. The Bertz CT molecular complexity index is 596. The maximum atomic E-state index is 5.38. The standard InChI is InChI=1S/C13H21N7O/c1-5-7-14-11-16-12(18-13(17-11)21-6-2)15-10-8-20(4)19-9(10)3/h8H,5-7H2,1-4H3,(H2,14,15,16,17,18). The smallest absolute Gasteiger partial charge is 0.323 e. The minimum Gasteiger partial charge on any atom is -0.464 e. The van der Waals surface area contributed by atoms with Crippen LogP contribution in [-0.4, -0.2) is 37.9 Å². The van der Waals surface area contributed by atoms with Crippen LogP contribution in [-0.2, 0) is 7.05 Å². The van der Waals surface area contributed by atoms with Gasteiger partial charge in [0.2, 0.25) is 11.9 Å². The van der Waals surface area contributed by atoms with Crippen molar-refractivity contribution in [3.8, 4) is 6.01 Å². The normalized spacial score (nSPS) is 10.5. The summed E-state index contributed by atoms with van der Waals surface area (Å²) in [6.07, 6.45) is 2.86. The van der Waals surface area contributed by atoms with E-state index in [9.17, 15) is 0 Å². The molecule has 0 amide bonds. The van der Waals surface area contributed by atoms with Crippen molar-refractivity contribution in [3.63, 3.8) is 0 Å². The van der Waals surface area contributed by atoms with Gasteiger partial charge < -0.3 is 15.4 Å². The van der Waals surface area contributed by atoms with E-state index in [0.717, 1.165) is 24.3 Å². The van der Waals surface area contributed by atoms with Crippen LogP contribution < -0.4 is 15.4 Å². The third-order valence-electron chi connectivity index (χ3n) is 2.68. The van der Waals surface area contributed by atoms with Gasteiger partial charge in [-0.3, -0.25) is 4.68 Å². The average molecular weight is 291 g/mol. The molecule has 0 saturated carbocycles. The van der Waals surface area contributed by atoms with Crippen molar-refractivity contribution in [2.45, 2.75) is 27.2 Å². The van der Waals surface area contributed by atoms with Crippen LogP contribution in [0.3, 0.4) is 0 Å². The molecule has 0 fully saturated rings. The molecule has 0 bridgehead atoms. The Labute approximate surface area is 124 Å². The summed E-state index contributed by atoms with van der Waals surface area (Å²) in [6.45, 7) is 7.18. The van der Waals surface area contributed by atoms with Gasteiger partial charge in [0.25, 0.3) is 0 Å². The molecule has 2 heterocycles. The highest BCUT2D eigenvalue weighted by atomic mass is 16.5. The molecule has 0 atom stereocenters. The molecule has 8 nitrogen and oxygen atoms in total. The van der Waals surface area contributed by atoms with Gasteiger partial charge in [-0.1, -0.05) is 6.92 Å². The van der Waals surface area contributed by atoms with Crippen molar-refractivity contribution in [1.82, 2.24) is 24.7 Å². The van der Waals surface area contributed by atoms with Crippen LogP contribution >= 0.6 is 0 Å². The zero-order chi connectivity index (χ0) is 15.2. The Kier molecular flexibility index (Phi) is 4.91. The number of nitrogens with zero attached hydrogens (tertiary/aromatic N) is 5. The Morgan fingerprint density at radius 2 is 1.95 bits per heavy atom. The molecule has 0 saturated heterocycles. The second-order valence-corrected chi connectivity index (χ2v) is 4.55. The van der Waals surface area contributed by atoms with Gasteiger partial charge in [-0.05, 0) is 20.3 Å². The summed E-state index contributed by atoms with van der Waals surface area (Å²) >= 11 is 0. The largest absolute Gasteiger partial charge is 0.464 e. The maximum absolute atomic E-state index is 5.38. The van der Waals surface area contributed by atoms with Crippen LogP contribution in [0.1, 0.15) is 26.0 Å². The van der Waals surface area contributed by atoms with Crippen LogP contribution in [0.15, 0.2) is 6.20 Å². The lowest BCUT2D eigenvalue weighted by Crippen LogP contribution is -2.10. The molecule has 0 aromatic carbocycles. The van der Waals surface area contributed by atoms with Crippen molar-refractivity contribution in [1.29, 1.82) is 0 Å². The average Bonchev–Trinajstić information content (AvgIpc) is 2.75. The van der Waals surface area contributed by atoms with E-state index in [-0.39, 0.29) is 0 Å². The fourth-order valence-corrected chi connectivity index (χ4v) is 1.76. The number of hydrogen-bond donors (Lipinski definition) is 2. The second kappa shape index (κ2) is 6.87. The van der Waals surface area contributed by atoms with Gasteiger partial charge >= 0.3 is 6.01 Å².